The first-order chi connectivity index (χ1) is 10.2. The number of rotatable bonds is 4. The second-order valence-electron chi connectivity index (χ2n) is 5.94. The summed E-state index contributed by atoms with van der Waals surface area (Å²) in [6.07, 6.45) is 1.51. The summed E-state index contributed by atoms with van der Waals surface area (Å²) in [7, 11) is -3.60. The zero-order chi connectivity index (χ0) is 16.5. The Morgan fingerprint density at radius 2 is 1.91 bits per heavy atom. The number of carbonyl (C=O) groups excluding carboxylic acids is 1. The molecule has 1 heterocycles. The number of hydrogen-bond donors (Lipinski definition) is 2. The van der Waals surface area contributed by atoms with Gasteiger partial charge < -0.3 is 11.5 Å². The predicted molar refractivity (Wildman–Crippen MR) is 84.8 cm³/mol. The lowest BCUT2D eigenvalue weighted by molar-refractivity contribution is 0.0999. The molecule has 6 nitrogen and oxygen atoms in total. The molecule has 0 aromatic heterocycles. The van der Waals surface area contributed by atoms with E-state index in [4.69, 9.17) is 11.5 Å². The van der Waals surface area contributed by atoms with Crippen LogP contribution in [-0.2, 0) is 10.0 Å². The molecule has 0 radical (unpaired) electrons. The van der Waals surface area contributed by atoms with E-state index in [0.717, 1.165) is 12.8 Å². The Morgan fingerprint density at radius 1 is 1.32 bits per heavy atom. The first kappa shape index (κ1) is 16.9. The molecule has 0 saturated carbocycles. The molecule has 22 heavy (non-hydrogen) atoms. The normalized spacial score (nSPS) is 19.0. The Labute approximate surface area is 131 Å². The zero-order valence-electron chi connectivity index (χ0n) is 13.0. The number of hydrogen-bond acceptors (Lipinski definition) is 4. The molecule has 1 unspecified atom stereocenters. The van der Waals surface area contributed by atoms with E-state index in [1.54, 1.807) is 13.0 Å². The van der Waals surface area contributed by atoms with Crippen molar-refractivity contribution in [2.75, 3.05) is 13.1 Å². The Morgan fingerprint density at radius 3 is 2.41 bits per heavy atom. The van der Waals surface area contributed by atoms with Crippen molar-refractivity contribution >= 4 is 15.9 Å². The van der Waals surface area contributed by atoms with E-state index >= 15 is 0 Å². The van der Waals surface area contributed by atoms with E-state index in [1.165, 1.54) is 16.4 Å². The number of benzene rings is 1. The lowest BCUT2D eigenvalue weighted by Gasteiger charge is -2.33. The minimum Gasteiger partial charge on any atom is -0.366 e. The Bertz CT molecular complexity index is 663. The fourth-order valence-electron chi connectivity index (χ4n) is 2.82. The van der Waals surface area contributed by atoms with Crippen molar-refractivity contribution in [2.24, 2.45) is 17.4 Å². The number of aryl methyl sites for hydroxylation is 1. The minimum absolute atomic E-state index is 0.0747. The maximum Gasteiger partial charge on any atom is 0.249 e. The van der Waals surface area contributed by atoms with Crippen molar-refractivity contribution in [2.45, 2.75) is 37.6 Å². The fraction of sp³-hybridized carbons (Fsp3) is 0.533. The second kappa shape index (κ2) is 6.36. The highest BCUT2D eigenvalue weighted by molar-refractivity contribution is 7.89. The van der Waals surface area contributed by atoms with Crippen LogP contribution in [0.15, 0.2) is 23.1 Å². The molecule has 1 saturated heterocycles. The molecule has 1 aromatic carbocycles. The van der Waals surface area contributed by atoms with Gasteiger partial charge in [0.15, 0.2) is 0 Å². The number of amides is 1. The molecule has 1 amide bonds. The summed E-state index contributed by atoms with van der Waals surface area (Å²) in [4.78, 5) is 11.5. The number of piperidine rings is 1. The van der Waals surface area contributed by atoms with Crippen molar-refractivity contribution in [3.63, 3.8) is 0 Å². The van der Waals surface area contributed by atoms with Crippen LogP contribution in [0.5, 0.6) is 0 Å². The highest BCUT2D eigenvalue weighted by Crippen LogP contribution is 2.26. The SMILES string of the molecule is Cc1ccc(S(=O)(=O)N2CCC(C(C)N)CC2)cc1C(N)=O. The topological polar surface area (TPSA) is 106 Å². The standard InChI is InChI=1S/C15H23N3O3S/c1-10-3-4-13(9-14(10)15(17)19)22(20,21)18-7-5-12(6-8-18)11(2)16/h3-4,9,11-12H,5-8,16H2,1-2H3,(H2,17,19). The third-order valence-corrected chi connectivity index (χ3v) is 6.25. The molecule has 1 aromatic rings. The summed E-state index contributed by atoms with van der Waals surface area (Å²) in [5, 5.41) is 0. The van der Waals surface area contributed by atoms with Crippen LogP contribution >= 0.6 is 0 Å². The van der Waals surface area contributed by atoms with Crippen LogP contribution in [0, 0.1) is 12.8 Å². The average Bonchev–Trinajstić information content (AvgIpc) is 2.47. The maximum atomic E-state index is 12.7. The highest BCUT2D eigenvalue weighted by Gasteiger charge is 2.31. The molecule has 1 fully saturated rings. The summed E-state index contributed by atoms with van der Waals surface area (Å²) in [5.74, 6) is -0.268. The molecular formula is C15H23N3O3S. The lowest BCUT2D eigenvalue weighted by atomic mass is 9.92. The van der Waals surface area contributed by atoms with E-state index < -0.39 is 15.9 Å². The molecule has 2 rings (SSSR count). The number of sulfonamides is 1. The molecule has 0 bridgehead atoms. The largest absolute Gasteiger partial charge is 0.366 e. The van der Waals surface area contributed by atoms with Gasteiger partial charge in [0.2, 0.25) is 15.9 Å². The van der Waals surface area contributed by atoms with E-state index in [1.807, 2.05) is 6.92 Å². The Balaban J connectivity index is 2.25. The molecule has 0 spiro atoms. The van der Waals surface area contributed by atoms with E-state index in [0.29, 0.717) is 24.6 Å². The molecule has 1 atom stereocenters. The van der Waals surface area contributed by atoms with E-state index in [-0.39, 0.29) is 16.5 Å². The van der Waals surface area contributed by atoms with Crippen LogP contribution in [0.4, 0.5) is 0 Å². The second-order valence-corrected chi connectivity index (χ2v) is 7.88. The van der Waals surface area contributed by atoms with Gasteiger partial charge >= 0.3 is 0 Å². The summed E-state index contributed by atoms with van der Waals surface area (Å²) in [6.45, 7) is 4.58. The van der Waals surface area contributed by atoms with Gasteiger partial charge in [0.05, 0.1) is 4.90 Å². The number of primary amides is 1. The van der Waals surface area contributed by atoms with Gasteiger partial charge in [-0.2, -0.15) is 4.31 Å². The van der Waals surface area contributed by atoms with Gasteiger partial charge in [-0.25, -0.2) is 8.42 Å². The van der Waals surface area contributed by atoms with Gasteiger partial charge in [-0.3, -0.25) is 4.79 Å². The van der Waals surface area contributed by atoms with Gasteiger partial charge in [-0.1, -0.05) is 6.07 Å². The fourth-order valence-corrected chi connectivity index (χ4v) is 4.31. The predicted octanol–water partition coefficient (Wildman–Crippen LogP) is 0.842. The number of nitrogens with zero attached hydrogens (tertiary/aromatic N) is 1. The third-order valence-electron chi connectivity index (χ3n) is 4.35. The molecule has 0 aliphatic carbocycles. The van der Waals surface area contributed by atoms with E-state index in [2.05, 4.69) is 0 Å². The molecule has 122 valence electrons. The van der Waals surface area contributed by atoms with Crippen LogP contribution < -0.4 is 11.5 Å². The van der Waals surface area contributed by atoms with E-state index in [9.17, 15) is 13.2 Å². The Kier molecular flexibility index (Phi) is 4.89. The van der Waals surface area contributed by atoms with Crippen LogP contribution in [0.1, 0.15) is 35.7 Å². The summed E-state index contributed by atoms with van der Waals surface area (Å²) < 4.78 is 26.8. The average molecular weight is 325 g/mol. The summed E-state index contributed by atoms with van der Waals surface area (Å²) in [6, 6.07) is 4.58. The van der Waals surface area contributed by atoms with Crippen molar-refractivity contribution < 1.29 is 13.2 Å². The molecule has 7 heteroatoms. The van der Waals surface area contributed by atoms with Crippen molar-refractivity contribution in [3.8, 4) is 0 Å². The van der Waals surface area contributed by atoms with Gasteiger partial charge in [-0.15, -0.1) is 0 Å². The first-order valence-corrected chi connectivity index (χ1v) is 8.83. The minimum atomic E-state index is -3.60. The van der Waals surface area contributed by atoms with Crippen molar-refractivity contribution in [1.82, 2.24) is 4.31 Å². The molecule has 1 aliphatic rings. The third kappa shape index (κ3) is 3.31. The number of nitrogens with two attached hydrogens (primary N) is 2. The molecular weight excluding hydrogens is 302 g/mol. The van der Waals surface area contributed by atoms with Crippen LogP contribution in [-0.4, -0.2) is 37.8 Å². The van der Waals surface area contributed by atoms with Gasteiger partial charge in [0, 0.05) is 24.7 Å². The van der Waals surface area contributed by atoms with Crippen molar-refractivity contribution in [3.05, 3.63) is 29.3 Å². The number of carbonyl (C=O) groups is 1. The lowest BCUT2D eigenvalue weighted by Crippen LogP contribution is -2.42. The zero-order valence-corrected chi connectivity index (χ0v) is 13.8. The van der Waals surface area contributed by atoms with Gasteiger partial charge in [0.25, 0.3) is 0 Å². The highest BCUT2D eigenvalue weighted by atomic mass is 32.2. The summed E-state index contributed by atoms with van der Waals surface area (Å²) in [5.41, 5.74) is 12.1. The monoisotopic (exact) mass is 325 g/mol. The molecule has 1 aliphatic heterocycles. The summed E-state index contributed by atoms with van der Waals surface area (Å²) >= 11 is 0. The first-order valence-electron chi connectivity index (χ1n) is 7.39. The van der Waals surface area contributed by atoms with Crippen LogP contribution in [0.25, 0.3) is 0 Å². The smallest absolute Gasteiger partial charge is 0.249 e. The Hall–Kier alpha value is -1.44. The molecule has 4 N–H and O–H groups in total. The maximum absolute atomic E-state index is 12.7. The van der Waals surface area contributed by atoms with Gasteiger partial charge in [-0.05, 0) is 50.3 Å². The van der Waals surface area contributed by atoms with Crippen LogP contribution in [0.2, 0.25) is 0 Å². The van der Waals surface area contributed by atoms with Crippen molar-refractivity contribution in [1.29, 1.82) is 0 Å². The quantitative estimate of drug-likeness (QED) is 0.855. The van der Waals surface area contributed by atoms with Gasteiger partial charge in [0.1, 0.15) is 0 Å². The van der Waals surface area contributed by atoms with Crippen LogP contribution in [0.3, 0.4) is 0 Å².